The molecule has 0 radical (unpaired) electrons. The fourth-order valence-corrected chi connectivity index (χ4v) is 4.07. The number of cyclic esters (lactones) is 1. The number of anilines is 2. The van der Waals surface area contributed by atoms with Crippen molar-refractivity contribution in [2.24, 2.45) is 11.8 Å². The summed E-state index contributed by atoms with van der Waals surface area (Å²) in [6, 6.07) is 4.81. The van der Waals surface area contributed by atoms with Crippen molar-refractivity contribution in [3.05, 3.63) is 24.0 Å². The number of nitrogens with zero attached hydrogens (tertiary/aromatic N) is 2. The summed E-state index contributed by atoms with van der Waals surface area (Å²) >= 11 is 0. The topological polar surface area (TPSA) is 61.9 Å². The molecule has 2 saturated heterocycles. The molecule has 1 aromatic rings. The van der Waals surface area contributed by atoms with Gasteiger partial charge >= 0.3 is 6.09 Å². The molecule has 1 aromatic carbocycles. The Morgan fingerprint density at radius 1 is 1.31 bits per heavy atom. The number of rotatable bonds is 3. The lowest BCUT2D eigenvalue weighted by Gasteiger charge is -2.29. The van der Waals surface area contributed by atoms with Gasteiger partial charge < -0.3 is 15.0 Å². The Bertz CT molecular complexity index is 716. The average Bonchev–Trinajstić information content (AvgIpc) is 3.19. The van der Waals surface area contributed by atoms with Gasteiger partial charge in [-0.3, -0.25) is 9.69 Å². The second kappa shape index (κ2) is 6.78. The molecule has 7 heteroatoms. The normalized spacial score (nSPS) is 28.1. The van der Waals surface area contributed by atoms with Crippen molar-refractivity contribution < 1.29 is 18.7 Å². The predicted octanol–water partition coefficient (Wildman–Crippen LogP) is 2.52. The van der Waals surface area contributed by atoms with Crippen LogP contribution in [0.2, 0.25) is 0 Å². The molecule has 4 rings (SSSR count). The van der Waals surface area contributed by atoms with E-state index in [1.165, 1.54) is 24.3 Å². The van der Waals surface area contributed by atoms with Gasteiger partial charge in [0.15, 0.2) is 0 Å². The number of carbonyl (C=O) groups excluding carboxylic acids is 2. The van der Waals surface area contributed by atoms with Crippen LogP contribution in [0.1, 0.15) is 26.2 Å². The summed E-state index contributed by atoms with van der Waals surface area (Å²) < 4.78 is 19.9. The van der Waals surface area contributed by atoms with E-state index in [-0.39, 0.29) is 24.4 Å². The largest absolute Gasteiger partial charge is 0.447 e. The maximum absolute atomic E-state index is 14.6. The van der Waals surface area contributed by atoms with E-state index in [1.54, 1.807) is 12.1 Å². The second-order valence-corrected chi connectivity index (χ2v) is 7.56. The molecule has 3 aliphatic rings. The highest BCUT2D eigenvalue weighted by molar-refractivity contribution is 5.88. The van der Waals surface area contributed by atoms with Gasteiger partial charge in [0.2, 0.25) is 5.91 Å². The van der Waals surface area contributed by atoms with Crippen LogP contribution in [-0.2, 0) is 9.53 Å². The molecule has 0 spiro atoms. The van der Waals surface area contributed by atoms with Gasteiger partial charge in [0.25, 0.3) is 0 Å². The molecule has 2 aliphatic heterocycles. The highest BCUT2D eigenvalue weighted by atomic mass is 19.1. The average molecular weight is 361 g/mol. The third-order valence-corrected chi connectivity index (χ3v) is 5.53. The van der Waals surface area contributed by atoms with Crippen LogP contribution in [0.25, 0.3) is 0 Å². The standard InChI is InChI=1S/C19H24FN3O3/c1-12(24)21-15-3-2-6-23(19(25)26-11-15)16-4-5-18(17(20)8-16)22-9-13-7-14(13)10-22/h4-5,8,13-15H,2-3,6-7,9-11H2,1H3,(H,21,24)/t13?,14?,15-/m0/s1. The van der Waals surface area contributed by atoms with Gasteiger partial charge in [-0.2, -0.15) is 0 Å². The molecule has 1 saturated carbocycles. The summed E-state index contributed by atoms with van der Waals surface area (Å²) in [4.78, 5) is 27.1. The Labute approximate surface area is 152 Å². The van der Waals surface area contributed by atoms with Crippen molar-refractivity contribution >= 4 is 23.4 Å². The lowest BCUT2D eigenvalue weighted by atomic mass is 10.1. The molecule has 2 amide bonds. The number of halogens is 1. The molecular weight excluding hydrogens is 337 g/mol. The van der Waals surface area contributed by atoms with E-state index >= 15 is 0 Å². The first-order chi connectivity index (χ1) is 12.5. The number of nitrogens with one attached hydrogen (secondary N) is 1. The highest BCUT2D eigenvalue weighted by Crippen LogP contribution is 2.46. The summed E-state index contributed by atoms with van der Waals surface area (Å²) in [5, 5.41) is 2.78. The Kier molecular flexibility index (Phi) is 4.46. The number of carbonyl (C=O) groups is 2. The minimum Gasteiger partial charge on any atom is -0.447 e. The van der Waals surface area contributed by atoms with Crippen molar-refractivity contribution in [1.29, 1.82) is 0 Å². The van der Waals surface area contributed by atoms with E-state index in [1.807, 2.05) is 0 Å². The zero-order chi connectivity index (χ0) is 18.3. The van der Waals surface area contributed by atoms with Crippen molar-refractivity contribution in [3.8, 4) is 0 Å². The van der Waals surface area contributed by atoms with Crippen LogP contribution in [0.3, 0.4) is 0 Å². The van der Waals surface area contributed by atoms with Crippen LogP contribution in [0.5, 0.6) is 0 Å². The van der Waals surface area contributed by atoms with Crippen molar-refractivity contribution in [2.45, 2.75) is 32.2 Å². The van der Waals surface area contributed by atoms with E-state index in [9.17, 15) is 14.0 Å². The number of amides is 2. The number of ether oxygens (including phenoxy) is 1. The van der Waals surface area contributed by atoms with Crippen molar-refractivity contribution in [3.63, 3.8) is 0 Å². The molecule has 2 heterocycles. The Balaban J connectivity index is 1.44. The summed E-state index contributed by atoms with van der Waals surface area (Å²) in [5.74, 6) is 1.03. The van der Waals surface area contributed by atoms with E-state index < -0.39 is 6.09 Å². The molecule has 2 unspecified atom stereocenters. The molecule has 0 bridgehead atoms. The molecule has 6 nitrogen and oxygen atoms in total. The molecule has 3 fully saturated rings. The van der Waals surface area contributed by atoms with E-state index in [0.717, 1.165) is 24.9 Å². The predicted molar refractivity (Wildman–Crippen MR) is 95.7 cm³/mol. The Hall–Kier alpha value is -2.31. The van der Waals surface area contributed by atoms with E-state index in [0.29, 0.717) is 30.8 Å². The number of fused-ring (bicyclic) bond motifs is 1. The lowest BCUT2D eigenvalue weighted by Crippen LogP contribution is -2.43. The van der Waals surface area contributed by atoms with Gasteiger partial charge in [0.05, 0.1) is 17.4 Å². The van der Waals surface area contributed by atoms with Gasteiger partial charge in [-0.15, -0.1) is 0 Å². The molecular formula is C19H24FN3O3. The number of hydrogen-bond acceptors (Lipinski definition) is 4. The smallest absolute Gasteiger partial charge is 0.414 e. The molecule has 140 valence electrons. The quantitative estimate of drug-likeness (QED) is 0.899. The van der Waals surface area contributed by atoms with Crippen LogP contribution < -0.4 is 15.1 Å². The fourth-order valence-electron chi connectivity index (χ4n) is 4.07. The lowest BCUT2D eigenvalue weighted by molar-refractivity contribution is -0.120. The first-order valence-corrected chi connectivity index (χ1v) is 9.27. The zero-order valence-electron chi connectivity index (χ0n) is 14.9. The third-order valence-electron chi connectivity index (χ3n) is 5.53. The third kappa shape index (κ3) is 3.48. The number of piperidine rings is 1. The summed E-state index contributed by atoms with van der Waals surface area (Å²) in [6.07, 6.45) is 2.18. The maximum Gasteiger partial charge on any atom is 0.414 e. The molecule has 3 atom stereocenters. The summed E-state index contributed by atoms with van der Waals surface area (Å²) in [5.41, 5.74) is 1.13. The molecule has 1 N–H and O–H groups in total. The van der Waals surface area contributed by atoms with E-state index in [2.05, 4.69) is 10.2 Å². The summed E-state index contributed by atoms with van der Waals surface area (Å²) in [6.45, 7) is 3.86. The van der Waals surface area contributed by atoms with Gasteiger partial charge in [0, 0.05) is 26.6 Å². The van der Waals surface area contributed by atoms with Crippen LogP contribution in [0, 0.1) is 17.7 Å². The Morgan fingerprint density at radius 3 is 2.77 bits per heavy atom. The van der Waals surface area contributed by atoms with Crippen LogP contribution in [-0.4, -0.2) is 44.3 Å². The van der Waals surface area contributed by atoms with Gasteiger partial charge in [-0.05, 0) is 49.3 Å². The highest BCUT2D eigenvalue weighted by Gasteiger charge is 2.45. The zero-order valence-corrected chi connectivity index (χ0v) is 14.9. The second-order valence-electron chi connectivity index (χ2n) is 7.56. The monoisotopic (exact) mass is 361 g/mol. The summed E-state index contributed by atoms with van der Waals surface area (Å²) in [7, 11) is 0. The van der Waals surface area contributed by atoms with Gasteiger partial charge in [0.1, 0.15) is 12.4 Å². The first kappa shape index (κ1) is 17.1. The molecule has 0 aromatic heterocycles. The number of hydrogen-bond donors (Lipinski definition) is 1. The minimum absolute atomic E-state index is 0.131. The SMILES string of the molecule is CC(=O)N[C@H]1CCCN(c2ccc(N3CC4CC4C3)c(F)c2)C(=O)OC1. The van der Waals surface area contributed by atoms with E-state index in [4.69, 9.17) is 4.74 Å². The Morgan fingerprint density at radius 2 is 2.08 bits per heavy atom. The van der Waals surface area contributed by atoms with Crippen molar-refractivity contribution in [2.75, 3.05) is 36.0 Å². The van der Waals surface area contributed by atoms with Gasteiger partial charge in [-0.25, -0.2) is 9.18 Å². The molecule has 1 aliphatic carbocycles. The van der Waals surface area contributed by atoms with Crippen LogP contribution >= 0.6 is 0 Å². The minimum atomic E-state index is -0.505. The number of benzene rings is 1. The van der Waals surface area contributed by atoms with Crippen LogP contribution in [0.4, 0.5) is 20.6 Å². The first-order valence-electron chi connectivity index (χ1n) is 9.27. The van der Waals surface area contributed by atoms with Gasteiger partial charge in [-0.1, -0.05) is 0 Å². The van der Waals surface area contributed by atoms with Crippen molar-refractivity contribution in [1.82, 2.24) is 5.32 Å². The van der Waals surface area contributed by atoms with Crippen LogP contribution in [0.15, 0.2) is 18.2 Å². The maximum atomic E-state index is 14.6. The molecule has 26 heavy (non-hydrogen) atoms. The fraction of sp³-hybridized carbons (Fsp3) is 0.579.